The minimum absolute atomic E-state index is 0. The number of nitrogens with two attached hydrogens (primary N) is 1. The largest absolute Gasteiger partial charge is 0.342 e. The fourth-order valence-corrected chi connectivity index (χ4v) is 2.74. The van der Waals surface area contributed by atoms with E-state index in [1.807, 2.05) is 0 Å². The van der Waals surface area contributed by atoms with Crippen LogP contribution in [0.2, 0.25) is 0 Å². The van der Waals surface area contributed by atoms with Crippen molar-refractivity contribution in [3.05, 3.63) is 12.2 Å². The normalized spacial score (nSPS) is 13.0. The Morgan fingerprint density at radius 2 is 1.27 bits per heavy atom. The molecule has 0 amide bonds. The summed E-state index contributed by atoms with van der Waals surface area (Å²) in [7, 11) is 0. The summed E-state index contributed by atoms with van der Waals surface area (Å²) in [6.45, 7) is 2.24. The van der Waals surface area contributed by atoms with Gasteiger partial charge in [0.15, 0.2) is 5.78 Å². The third kappa shape index (κ3) is 17.2. The van der Waals surface area contributed by atoms with E-state index in [9.17, 15) is 4.79 Å². The van der Waals surface area contributed by atoms with Crippen molar-refractivity contribution in [2.75, 3.05) is 0 Å². The summed E-state index contributed by atoms with van der Waals surface area (Å²) in [5, 5.41) is 26.5. The van der Waals surface area contributed by atoms with Crippen molar-refractivity contribution in [3.8, 4) is 0 Å². The molecule has 0 rings (SSSR count). The molecule has 1 unspecified atom stereocenters. The minimum atomic E-state index is -3.11. The summed E-state index contributed by atoms with van der Waals surface area (Å²) >= 11 is 0. The number of hydrogen-bond donors (Lipinski definition) is 4. The number of carbonyl (C=O) groups is 1. The predicted molar refractivity (Wildman–Crippen MR) is 112 cm³/mol. The first-order valence-corrected chi connectivity index (χ1v) is 10.00. The summed E-state index contributed by atoms with van der Waals surface area (Å²) in [5.74, 6) is -3.64. The standard InChI is InChI=1S/C20H39NO4.BrH/c1-2-3-4-5-6-7-8-9-10-11-12-13-14-15-16-17-18(22)19(21)20(23,24)25;/h9-10,19,23-25H,2-8,11-17,21H2,1H3;1H. The van der Waals surface area contributed by atoms with Gasteiger partial charge in [-0.25, -0.2) is 0 Å². The molecular formula is C20H40BrNO4. The third-order valence-electron chi connectivity index (χ3n) is 4.45. The number of Topliss-reactive ketones (excluding diaryl/α,β-unsaturated/α-hetero) is 1. The topological polar surface area (TPSA) is 104 Å². The molecule has 0 aliphatic rings. The predicted octanol–water partition coefficient (Wildman–Crippen LogP) is 4.13. The molecule has 5 nitrogen and oxygen atoms in total. The highest BCUT2D eigenvalue weighted by atomic mass is 79.9. The third-order valence-corrected chi connectivity index (χ3v) is 4.45. The number of ketones is 1. The number of halogens is 1. The molecule has 0 aromatic rings. The minimum Gasteiger partial charge on any atom is -0.342 e. The van der Waals surface area contributed by atoms with E-state index in [2.05, 4.69) is 19.1 Å². The van der Waals surface area contributed by atoms with E-state index < -0.39 is 17.8 Å². The average Bonchev–Trinajstić information content (AvgIpc) is 2.56. The lowest BCUT2D eigenvalue weighted by Crippen LogP contribution is -2.52. The molecular weight excluding hydrogens is 398 g/mol. The Balaban J connectivity index is 0. The number of hydrogen-bond acceptors (Lipinski definition) is 5. The number of allylic oxidation sites excluding steroid dienone is 2. The quantitative estimate of drug-likeness (QED) is 0.155. The number of rotatable bonds is 17. The van der Waals surface area contributed by atoms with Gasteiger partial charge in [-0.05, 0) is 32.1 Å². The van der Waals surface area contributed by atoms with E-state index in [0.29, 0.717) is 6.42 Å². The molecule has 156 valence electrons. The van der Waals surface area contributed by atoms with E-state index in [0.717, 1.165) is 32.1 Å². The first kappa shape index (κ1) is 27.9. The second-order valence-electron chi connectivity index (χ2n) is 6.97. The van der Waals surface area contributed by atoms with Crippen molar-refractivity contribution >= 4 is 22.8 Å². The molecule has 1 atom stereocenters. The molecule has 0 aromatic carbocycles. The van der Waals surface area contributed by atoms with Crippen molar-refractivity contribution in [3.63, 3.8) is 0 Å². The molecule has 0 heterocycles. The van der Waals surface area contributed by atoms with E-state index in [4.69, 9.17) is 21.1 Å². The Hall–Kier alpha value is -0.270. The lowest BCUT2D eigenvalue weighted by molar-refractivity contribution is -0.317. The van der Waals surface area contributed by atoms with Gasteiger partial charge in [0.05, 0.1) is 0 Å². The van der Waals surface area contributed by atoms with Gasteiger partial charge in [0, 0.05) is 6.42 Å². The Bertz CT molecular complexity index is 356. The van der Waals surface area contributed by atoms with Crippen molar-refractivity contribution < 1.29 is 20.1 Å². The molecule has 0 saturated heterocycles. The second-order valence-corrected chi connectivity index (χ2v) is 6.97. The van der Waals surface area contributed by atoms with Crippen molar-refractivity contribution in [2.24, 2.45) is 5.73 Å². The Kier molecular flexibility index (Phi) is 19.5. The van der Waals surface area contributed by atoms with Gasteiger partial charge < -0.3 is 21.1 Å². The lowest BCUT2D eigenvalue weighted by atomic mass is 10.0. The van der Waals surface area contributed by atoms with Gasteiger partial charge in [-0.3, -0.25) is 4.79 Å². The molecule has 0 bridgehead atoms. The summed E-state index contributed by atoms with van der Waals surface area (Å²) in [4.78, 5) is 11.5. The first-order valence-electron chi connectivity index (χ1n) is 10.00. The van der Waals surface area contributed by atoms with Crippen LogP contribution in [-0.2, 0) is 4.79 Å². The number of unbranched alkanes of at least 4 members (excludes halogenated alkanes) is 11. The van der Waals surface area contributed by atoms with Gasteiger partial charge in [-0.15, -0.1) is 17.0 Å². The van der Waals surface area contributed by atoms with Crippen LogP contribution in [0.4, 0.5) is 0 Å². The fourth-order valence-electron chi connectivity index (χ4n) is 2.74. The van der Waals surface area contributed by atoms with Crippen molar-refractivity contribution in [2.45, 2.75) is 109 Å². The van der Waals surface area contributed by atoms with Crippen LogP contribution in [0.15, 0.2) is 12.2 Å². The van der Waals surface area contributed by atoms with E-state index in [1.54, 1.807) is 0 Å². The van der Waals surface area contributed by atoms with Crippen LogP contribution < -0.4 is 5.73 Å². The van der Waals surface area contributed by atoms with Crippen LogP contribution in [0.5, 0.6) is 0 Å². The summed E-state index contributed by atoms with van der Waals surface area (Å²) in [6, 6.07) is -1.65. The fraction of sp³-hybridized carbons (Fsp3) is 0.850. The van der Waals surface area contributed by atoms with Crippen LogP contribution in [-0.4, -0.2) is 33.1 Å². The summed E-state index contributed by atoms with van der Waals surface area (Å²) in [5.41, 5.74) is 5.25. The van der Waals surface area contributed by atoms with Gasteiger partial charge >= 0.3 is 0 Å². The van der Waals surface area contributed by atoms with Crippen LogP contribution in [0.3, 0.4) is 0 Å². The molecule has 0 fully saturated rings. The number of carbonyl (C=O) groups excluding carboxylic acids is 1. The number of aliphatic hydroxyl groups is 3. The zero-order chi connectivity index (χ0) is 19.0. The van der Waals surface area contributed by atoms with Gasteiger partial charge in [-0.2, -0.15) is 0 Å². The second kappa shape index (κ2) is 18.1. The zero-order valence-electron chi connectivity index (χ0n) is 16.4. The van der Waals surface area contributed by atoms with Gasteiger partial charge in [0.25, 0.3) is 5.97 Å². The molecule has 26 heavy (non-hydrogen) atoms. The molecule has 0 aliphatic heterocycles. The summed E-state index contributed by atoms with van der Waals surface area (Å²) in [6.07, 6.45) is 20.0. The summed E-state index contributed by atoms with van der Waals surface area (Å²) < 4.78 is 0. The Morgan fingerprint density at radius 1 is 0.846 bits per heavy atom. The van der Waals surface area contributed by atoms with Crippen LogP contribution in [0, 0.1) is 0 Å². The molecule has 0 radical (unpaired) electrons. The Labute approximate surface area is 169 Å². The van der Waals surface area contributed by atoms with E-state index in [-0.39, 0.29) is 23.4 Å². The van der Waals surface area contributed by atoms with Gasteiger partial charge in [0.1, 0.15) is 6.04 Å². The van der Waals surface area contributed by atoms with Crippen LogP contribution in [0.25, 0.3) is 0 Å². The van der Waals surface area contributed by atoms with Gasteiger partial charge in [0.2, 0.25) is 0 Å². The van der Waals surface area contributed by atoms with Crippen LogP contribution >= 0.6 is 17.0 Å². The monoisotopic (exact) mass is 437 g/mol. The molecule has 5 N–H and O–H groups in total. The van der Waals surface area contributed by atoms with Crippen molar-refractivity contribution in [1.29, 1.82) is 0 Å². The SMILES string of the molecule is Br.CCCCCCCCC=CCCCCCCCC(=O)C(N)C(O)(O)O. The lowest BCUT2D eigenvalue weighted by Gasteiger charge is -2.20. The first-order chi connectivity index (χ1) is 11.9. The maximum Gasteiger partial charge on any atom is 0.298 e. The zero-order valence-corrected chi connectivity index (χ0v) is 18.1. The molecule has 0 aliphatic carbocycles. The maximum atomic E-state index is 11.5. The van der Waals surface area contributed by atoms with Crippen molar-refractivity contribution in [1.82, 2.24) is 0 Å². The maximum absolute atomic E-state index is 11.5. The molecule has 0 saturated carbocycles. The highest BCUT2D eigenvalue weighted by Gasteiger charge is 2.33. The van der Waals surface area contributed by atoms with Crippen LogP contribution in [0.1, 0.15) is 96.8 Å². The molecule has 0 aromatic heterocycles. The van der Waals surface area contributed by atoms with E-state index >= 15 is 0 Å². The molecule has 0 spiro atoms. The van der Waals surface area contributed by atoms with E-state index in [1.165, 1.54) is 44.9 Å². The highest BCUT2D eigenvalue weighted by Crippen LogP contribution is 2.11. The highest BCUT2D eigenvalue weighted by molar-refractivity contribution is 8.93. The van der Waals surface area contributed by atoms with Gasteiger partial charge in [-0.1, -0.05) is 70.4 Å². The average molecular weight is 438 g/mol. The smallest absolute Gasteiger partial charge is 0.298 e. The Morgan fingerprint density at radius 3 is 1.73 bits per heavy atom. The molecule has 6 heteroatoms.